The number of rotatable bonds is 5. The fourth-order valence-electron chi connectivity index (χ4n) is 3.30. The highest BCUT2D eigenvalue weighted by molar-refractivity contribution is 5.94. The number of hydrogen-bond acceptors (Lipinski definition) is 2. The van der Waals surface area contributed by atoms with E-state index >= 15 is 0 Å². The number of nitrogens with one attached hydrogen (secondary N) is 1. The Hall–Kier alpha value is -3.36. The number of halogens is 6. The van der Waals surface area contributed by atoms with Gasteiger partial charge in [0.15, 0.2) is 0 Å². The highest BCUT2D eigenvalue weighted by atomic mass is 19.4. The summed E-state index contributed by atoms with van der Waals surface area (Å²) in [7, 11) is 0. The van der Waals surface area contributed by atoms with Gasteiger partial charge in [-0.2, -0.15) is 26.3 Å². The van der Waals surface area contributed by atoms with Crippen LogP contribution in [0.1, 0.15) is 64.1 Å². The van der Waals surface area contributed by atoms with Crippen LogP contribution < -0.4 is 5.32 Å². The average Bonchev–Trinajstić information content (AvgIpc) is 2.76. The number of pyridine rings is 1. The van der Waals surface area contributed by atoms with Crippen LogP contribution in [0.4, 0.5) is 26.3 Å². The molecule has 9 heteroatoms. The first kappa shape index (κ1) is 24.3. The molecule has 0 aliphatic carbocycles. The predicted octanol–water partition coefficient (Wildman–Crippen LogP) is 6.76. The van der Waals surface area contributed by atoms with E-state index in [-0.39, 0.29) is 17.0 Å². The monoisotopic (exact) mass is 466 g/mol. The van der Waals surface area contributed by atoms with Crippen molar-refractivity contribution in [2.45, 2.75) is 38.2 Å². The van der Waals surface area contributed by atoms with Gasteiger partial charge in [-0.05, 0) is 53.4 Å². The number of alkyl halides is 6. The van der Waals surface area contributed by atoms with E-state index in [1.807, 2.05) is 13.8 Å². The Bertz CT molecular complexity index is 1100. The Labute approximate surface area is 186 Å². The van der Waals surface area contributed by atoms with E-state index in [0.717, 1.165) is 48.2 Å². The molecule has 3 nitrogen and oxygen atoms in total. The Balaban J connectivity index is 2.04. The first-order valence-corrected chi connectivity index (χ1v) is 9.98. The summed E-state index contributed by atoms with van der Waals surface area (Å²) in [5.41, 5.74) is -1.38. The SMILES string of the molecule is CC(C)c1ccc(C(=O)NC(c2ccc(C(F)(F)F)cc2)c2ncccc2C(F)(F)F)cc1. The van der Waals surface area contributed by atoms with Crippen molar-refractivity contribution in [3.8, 4) is 0 Å². The van der Waals surface area contributed by atoms with Gasteiger partial charge in [0.05, 0.1) is 22.9 Å². The lowest BCUT2D eigenvalue weighted by atomic mass is 9.97. The molecule has 1 amide bonds. The summed E-state index contributed by atoms with van der Waals surface area (Å²) in [4.78, 5) is 16.7. The molecule has 1 heterocycles. The van der Waals surface area contributed by atoms with Crippen LogP contribution in [0.3, 0.4) is 0 Å². The van der Waals surface area contributed by atoms with Crippen molar-refractivity contribution in [3.05, 3.63) is 100 Å². The van der Waals surface area contributed by atoms with Crippen LogP contribution in [0.15, 0.2) is 66.9 Å². The summed E-state index contributed by atoms with van der Waals surface area (Å²) in [6.07, 6.45) is -8.26. The third kappa shape index (κ3) is 5.71. The van der Waals surface area contributed by atoms with Crippen molar-refractivity contribution >= 4 is 5.91 Å². The van der Waals surface area contributed by atoms with E-state index in [4.69, 9.17) is 0 Å². The minimum absolute atomic E-state index is 0.0272. The highest BCUT2D eigenvalue weighted by Gasteiger charge is 2.37. The summed E-state index contributed by atoms with van der Waals surface area (Å²) < 4.78 is 79.7. The minimum atomic E-state index is -4.78. The molecule has 0 aliphatic heterocycles. The second kappa shape index (κ2) is 9.25. The average molecular weight is 466 g/mol. The molecule has 33 heavy (non-hydrogen) atoms. The zero-order valence-corrected chi connectivity index (χ0v) is 17.6. The summed E-state index contributed by atoms with van der Waals surface area (Å²) in [5, 5.41) is 2.50. The standard InChI is InChI=1S/C24H20F6N2O/c1-14(2)15-5-7-17(8-6-15)22(33)32-20(16-9-11-18(12-10-16)23(25,26)27)21-19(24(28,29)30)4-3-13-31-21/h3-14,20H,1-2H3,(H,32,33). The van der Waals surface area contributed by atoms with Crippen molar-refractivity contribution in [1.29, 1.82) is 0 Å². The lowest BCUT2D eigenvalue weighted by Crippen LogP contribution is -2.31. The lowest BCUT2D eigenvalue weighted by molar-refractivity contribution is -0.139. The molecule has 1 atom stereocenters. The van der Waals surface area contributed by atoms with E-state index in [1.165, 1.54) is 12.1 Å². The van der Waals surface area contributed by atoms with Crippen molar-refractivity contribution in [1.82, 2.24) is 10.3 Å². The Morgan fingerprint density at radius 1 is 0.818 bits per heavy atom. The molecule has 0 spiro atoms. The number of carbonyl (C=O) groups excluding carboxylic acids is 1. The molecule has 3 aromatic rings. The normalized spacial score (nSPS) is 13.1. The maximum Gasteiger partial charge on any atom is 0.418 e. The molecule has 2 aromatic carbocycles. The number of amides is 1. The van der Waals surface area contributed by atoms with Gasteiger partial charge in [0, 0.05) is 11.8 Å². The fourth-order valence-corrected chi connectivity index (χ4v) is 3.30. The van der Waals surface area contributed by atoms with Crippen LogP contribution in [-0.2, 0) is 12.4 Å². The topological polar surface area (TPSA) is 42.0 Å². The van der Waals surface area contributed by atoms with Gasteiger partial charge < -0.3 is 5.32 Å². The first-order valence-electron chi connectivity index (χ1n) is 9.98. The van der Waals surface area contributed by atoms with Crippen molar-refractivity contribution in [2.24, 2.45) is 0 Å². The Morgan fingerprint density at radius 3 is 1.91 bits per heavy atom. The molecule has 174 valence electrons. The fraction of sp³-hybridized carbons (Fsp3) is 0.250. The quantitative estimate of drug-likeness (QED) is 0.422. The van der Waals surface area contributed by atoms with Gasteiger partial charge in [-0.3, -0.25) is 9.78 Å². The van der Waals surface area contributed by atoms with Crippen LogP contribution in [0, 0.1) is 0 Å². The van der Waals surface area contributed by atoms with Gasteiger partial charge in [0.1, 0.15) is 0 Å². The van der Waals surface area contributed by atoms with E-state index in [1.54, 1.807) is 12.1 Å². The van der Waals surface area contributed by atoms with E-state index < -0.39 is 41.1 Å². The number of nitrogens with zero attached hydrogens (tertiary/aromatic N) is 1. The molecule has 1 aromatic heterocycles. The van der Waals surface area contributed by atoms with Crippen LogP contribution >= 0.6 is 0 Å². The van der Waals surface area contributed by atoms with Crippen LogP contribution in [0.2, 0.25) is 0 Å². The van der Waals surface area contributed by atoms with Gasteiger partial charge in [-0.15, -0.1) is 0 Å². The van der Waals surface area contributed by atoms with Gasteiger partial charge in [0.2, 0.25) is 0 Å². The maximum atomic E-state index is 13.6. The van der Waals surface area contributed by atoms with Gasteiger partial charge in [0.25, 0.3) is 5.91 Å². The first-order chi connectivity index (χ1) is 15.4. The summed E-state index contributed by atoms with van der Waals surface area (Å²) in [6.45, 7) is 3.94. The summed E-state index contributed by atoms with van der Waals surface area (Å²) >= 11 is 0. The van der Waals surface area contributed by atoms with E-state index in [9.17, 15) is 31.1 Å². The molecule has 0 saturated heterocycles. The Kier molecular flexibility index (Phi) is 6.81. The summed E-state index contributed by atoms with van der Waals surface area (Å²) in [5.74, 6) is -0.473. The van der Waals surface area contributed by atoms with E-state index in [0.29, 0.717) is 0 Å². The van der Waals surface area contributed by atoms with Crippen LogP contribution in [0.25, 0.3) is 0 Å². The number of benzene rings is 2. The van der Waals surface area contributed by atoms with E-state index in [2.05, 4.69) is 10.3 Å². The van der Waals surface area contributed by atoms with Gasteiger partial charge >= 0.3 is 12.4 Å². The molecule has 0 saturated carbocycles. The summed E-state index contributed by atoms with van der Waals surface area (Å²) in [6, 6.07) is 10.6. The smallest absolute Gasteiger partial charge is 0.340 e. The number of carbonyl (C=O) groups is 1. The highest BCUT2D eigenvalue weighted by Crippen LogP contribution is 2.36. The van der Waals surface area contributed by atoms with Crippen molar-refractivity contribution < 1.29 is 31.1 Å². The second-order valence-electron chi connectivity index (χ2n) is 7.74. The molecular formula is C24H20F6N2O. The molecule has 0 aliphatic rings. The molecule has 0 radical (unpaired) electrons. The van der Waals surface area contributed by atoms with Gasteiger partial charge in [-0.1, -0.05) is 38.1 Å². The molecular weight excluding hydrogens is 446 g/mol. The molecule has 0 fully saturated rings. The predicted molar refractivity (Wildman–Crippen MR) is 111 cm³/mol. The van der Waals surface area contributed by atoms with Crippen LogP contribution in [0.5, 0.6) is 0 Å². The zero-order valence-electron chi connectivity index (χ0n) is 17.6. The molecule has 0 bridgehead atoms. The Morgan fingerprint density at radius 2 is 1.39 bits per heavy atom. The molecule has 1 N–H and O–H groups in total. The maximum absolute atomic E-state index is 13.6. The third-order valence-corrected chi connectivity index (χ3v) is 5.10. The lowest BCUT2D eigenvalue weighted by Gasteiger charge is -2.23. The minimum Gasteiger partial charge on any atom is -0.340 e. The largest absolute Gasteiger partial charge is 0.418 e. The zero-order chi connectivity index (χ0) is 24.4. The molecule has 3 rings (SSSR count). The third-order valence-electron chi connectivity index (χ3n) is 5.10. The second-order valence-corrected chi connectivity index (χ2v) is 7.74. The van der Waals surface area contributed by atoms with Crippen LogP contribution in [-0.4, -0.2) is 10.9 Å². The molecule has 1 unspecified atom stereocenters. The van der Waals surface area contributed by atoms with Crippen molar-refractivity contribution in [3.63, 3.8) is 0 Å². The number of aromatic nitrogens is 1. The number of hydrogen-bond donors (Lipinski definition) is 1. The van der Waals surface area contributed by atoms with Gasteiger partial charge in [-0.25, -0.2) is 0 Å². The van der Waals surface area contributed by atoms with Crippen molar-refractivity contribution in [2.75, 3.05) is 0 Å².